The molecule has 0 aliphatic carbocycles. The molecule has 0 aliphatic heterocycles. The number of benzene rings is 3. The molecule has 1 amide bonds. The van der Waals surface area contributed by atoms with Gasteiger partial charge in [0.25, 0.3) is 5.91 Å². The second kappa shape index (κ2) is 8.43. The molecule has 0 aliphatic rings. The highest BCUT2D eigenvalue weighted by Gasteiger charge is 2.31. The van der Waals surface area contributed by atoms with Crippen molar-refractivity contribution >= 4 is 33.0 Å². The average molecular weight is 441 g/mol. The highest BCUT2D eigenvalue weighted by atomic mass is 32.1. The van der Waals surface area contributed by atoms with Crippen LogP contribution in [0.4, 0.5) is 18.9 Å². The standard InChI is InChI=1S/C24H18F3NO2S/c1-15-6-8-16(9-7-15)14-20-19-4-2-3-5-21(19)31-22(20)23(29)28-17-10-12-18(13-11-17)30-24(25,26)27/h2-13H,14H2,1H3,(H,28,29). The third-order valence-electron chi connectivity index (χ3n) is 4.75. The lowest BCUT2D eigenvalue weighted by Gasteiger charge is -2.10. The monoisotopic (exact) mass is 441 g/mol. The smallest absolute Gasteiger partial charge is 0.406 e. The maximum absolute atomic E-state index is 13.1. The zero-order valence-electron chi connectivity index (χ0n) is 16.5. The summed E-state index contributed by atoms with van der Waals surface area (Å²) in [4.78, 5) is 13.6. The summed E-state index contributed by atoms with van der Waals surface area (Å²) in [6, 6.07) is 21.1. The van der Waals surface area contributed by atoms with Gasteiger partial charge in [0, 0.05) is 10.4 Å². The van der Waals surface area contributed by atoms with E-state index in [9.17, 15) is 18.0 Å². The molecular weight excluding hydrogens is 423 g/mol. The predicted molar refractivity (Wildman–Crippen MR) is 117 cm³/mol. The third kappa shape index (κ3) is 5.06. The van der Waals surface area contributed by atoms with E-state index in [0.717, 1.165) is 26.8 Å². The number of thiophene rings is 1. The summed E-state index contributed by atoms with van der Waals surface area (Å²) >= 11 is 1.40. The number of nitrogens with one attached hydrogen (secondary N) is 1. The number of carbonyl (C=O) groups is 1. The number of ether oxygens (including phenoxy) is 1. The molecule has 0 spiro atoms. The lowest BCUT2D eigenvalue weighted by Crippen LogP contribution is -2.17. The van der Waals surface area contributed by atoms with Gasteiger partial charge in [0.2, 0.25) is 0 Å². The van der Waals surface area contributed by atoms with Gasteiger partial charge in [-0.25, -0.2) is 0 Å². The van der Waals surface area contributed by atoms with Crippen molar-refractivity contribution in [1.82, 2.24) is 0 Å². The van der Waals surface area contributed by atoms with Crippen molar-refractivity contribution in [3.05, 3.63) is 94.4 Å². The van der Waals surface area contributed by atoms with Gasteiger partial charge in [-0.2, -0.15) is 0 Å². The molecule has 31 heavy (non-hydrogen) atoms. The fourth-order valence-electron chi connectivity index (χ4n) is 3.30. The fourth-order valence-corrected chi connectivity index (χ4v) is 4.41. The first kappa shape index (κ1) is 20.9. The molecule has 0 atom stereocenters. The van der Waals surface area contributed by atoms with Crippen LogP contribution in [0.15, 0.2) is 72.8 Å². The molecule has 4 aromatic rings. The number of amides is 1. The zero-order chi connectivity index (χ0) is 22.0. The average Bonchev–Trinajstić information content (AvgIpc) is 3.09. The van der Waals surface area contributed by atoms with Gasteiger partial charge >= 0.3 is 6.36 Å². The summed E-state index contributed by atoms with van der Waals surface area (Å²) in [5, 5.41) is 3.80. The van der Waals surface area contributed by atoms with E-state index in [2.05, 4.69) is 10.1 Å². The van der Waals surface area contributed by atoms with Crippen molar-refractivity contribution in [2.24, 2.45) is 0 Å². The van der Waals surface area contributed by atoms with Crippen LogP contribution in [0, 0.1) is 6.92 Å². The van der Waals surface area contributed by atoms with Gasteiger partial charge in [-0.15, -0.1) is 24.5 Å². The van der Waals surface area contributed by atoms with Crippen LogP contribution in [0.5, 0.6) is 5.75 Å². The Morgan fingerprint density at radius 2 is 1.65 bits per heavy atom. The van der Waals surface area contributed by atoms with Gasteiger partial charge in [0.15, 0.2) is 0 Å². The summed E-state index contributed by atoms with van der Waals surface area (Å²) in [6.07, 6.45) is -4.15. The van der Waals surface area contributed by atoms with Crippen molar-refractivity contribution in [2.45, 2.75) is 19.7 Å². The summed E-state index contributed by atoms with van der Waals surface area (Å²) < 4.78 is 41.9. The minimum absolute atomic E-state index is 0.298. The molecule has 0 saturated heterocycles. The number of halogens is 3. The number of rotatable bonds is 5. The molecule has 0 bridgehead atoms. The van der Waals surface area contributed by atoms with E-state index < -0.39 is 6.36 Å². The number of hydrogen-bond donors (Lipinski definition) is 1. The van der Waals surface area contributed by atoms with Crippen molar-refractivity contribution in [3.8, 4) is 5.75 Å². The molecule has 3 aromatic carbocycles. The lowest BCUT2D eigenvalue weighted by atomic mass is 10.0. The topological polar surface area (TPSA) is 38.3 Å². The van der Waals surface area contributed by atoms with Crippen molar-refractivity contribution in [2.75, 3.05) is 5.32 Å². The largest absolute Gasteiger partial charge is 0.573 e. The molecule has 0 unspecified atom stereocenters. The van der Waals surface area contributed by atoms with Gasteiger partial charge in [-0.05, 0) is 60.2 Å². The second-order valence-electron chi connectivity index (χ2n) is 7.09. The number of fused-ring (bicyclic) bond motifs is 1. The minimum Gasteiger partial charge on any atom is -0.406 e. The van der Waals surface area contributed by atoms with Crippen molar-refractivity contribution in [3.63, 3.8) is 0 Å². The van der Waals surface area contributed by atoms with Crippen molar-refractivity contribution < 1.29 is 22.7 Å². The Morgan fingerprint density at radius 1 is 0.968 bits per heavy atom. The molecule has 1 heterocycles. The summed E-state index contributed by atoms with van der Waals surface area (Å²) in [7, 11) is 0. The van der Waals surface area contributed by atoms with Crippen LogP contribution in [0.3, 0.4) is 0 Å². The van der Waals surface area contributed by atoms with E-state index in [1.807, 2.05) is 55.5 Å². The molecule has 0 saturated carbocycles. The second-order valence-corrected chi connectivity index (χ2v) is 8.15. The van der Waals surface area contributed by atoms with Crippen LogP contribution in [0.1, 0.15) is 26.4 Å². The molecule has 0 radical (unpaired) electrons. The Balaban J connectivity index is 1.61. The van der Waals surface area contributed by atoms with Crippen LogP contribution in [0.25, 0.3) is 10.1 Å². The van der Waals surface area contributed by atoms with Crippen LogP contribution >= 0.6 is 11.3 Å². The fraction of sp³-hybridized carbons (Fsp3) is 0.125. The Kier molecular flexibility index (Phi) is 5.69. The number of anilines is 1. The SMILES string of the molecule is Cc1ccc(Cc2c(C(=O)Nc3ccc(OC(F)(F)F)cc3)sc3ccccc23)cc1. The molecule has 7 heteroatoms. The first-order chi connectivity index (χ1) is 14.8. The van der Waals surface area contributed by atoms with Gasteiger partial charge in [0.1, 0.15) is 5.75 Å². The first-order valence-electron chi connectivity index (χ1n) is 9.51. The quantitative estimate of drug-likeness (QED) is 0.364. The molecule has 4 rings (SSSR count). The Hall–Kier alpha value is -3.32. The normalized spacial score (nSPS) is 11.5. The first-order valence-corrected chi connectivity index (χ1v) is 10.3. The Bertz CT molecular complexity index is 1210. The van der Waals surface area contributed by atoms with E-state index in [0.29, 0.717) is 17.0 Å². The van der Waals surface area contributed by atoms with Crippen molar-refractivity contribution in [1.29, 1.82) is 0 Å². The number of hydrogen-bond acceptors (Lipinski definition) is 3. The molecule has 1 N–H and O–H groups in total. The van der Waals surface area contributed by atoms with Gasteiger partial charge in [-0.3, -0.25) is 4.79 Å². The van der Waals surface area contributed by atoms with Crippen LogP contribution < -0.4 is 10.1 Å². The molecule has 1 aromatic heterocycles. The minimum atomic E-state index is -4.76. The highest BCUT2D eigenvalue weighted by molar-refractivity contribution is 7.21. The maximum atomic E-state index is 13.1. The lowest BCUT2D eigenvalue weighted by molar-refractivity contribution is -0.274. The summed E-state index contributed by atoms with van der Waals surface area (Å²) in [6.45, 7) is 2.02. The summed E-state index contributed by atoms with van der Waals surface area (Å²) in [5.41, 5.74) is 3.57. The van der Waals surface area contributed by atoms with Gasteiger partial charge in [0.05, 0.1) is 4.88 Å². The van der Waals surface area contributed by atoms with Gasteiger partial charge in [-0.1, -0.05) is 48.0 Å². The van der Waals surface area contributed by atoms with Gasteiger partial charge < -0.3 is 10.1 Å². The van der Waals surface area contributed by atoms with E-state index >= 15 is 0 Å². The molecule has 3 nitrogen and oxygen atoms in total. The van der Waals surface area contributed by atoms with E-state index in [1.54, 1.807) is 0 Å². The Labute approximate surface area is 181 Å². The summed E-state index contributed by atoms with van der Waals surface area (Å²) in [5.74, 6) is -0.639. The highest BCUT2D eigenvalue weighted by Crippen LogP contribution is 2.34. The van der Waals surface area contributed by atoms with Crippen LogP contribution in [0.2, 0.25) is 0 Å². The number of carbonyl (C=O) groups excluding carboxylic acids is 1. The molecule has 0 fully saturated rings. The van der Waals surface area contributed by atoms with E-state index in [1.165, 1.54) is 35.6 Å². The maximum Gasteiger partial charge on any atom is 0.573 e. The zero-order valence-corrected chi connectivity index (χ0v) is 17.3. The number of alkyl halides is 3. The Morgan fingerprint density at radius 3 is 2.32 bits per heavy atom. The van der Waals surface area contributed by atoms with E-state index in [-0.39, 0.29) is 11.7 Å². The predicted octanol–water partition coefficient (Wildman–Crippen LogP) is 6.95. The van der Waals surface area contributed by atoms with Crippen LogP contribution in [-0.4, -0.2) is 12.3 Å². The van der Waals surface area contributed by atoms with Crippen LogP contribution in [-0.2, 0) is 6.42 Å². The third-order valence-corrected chi connectivity index (χ3v) is 5.96. The van der Waals surface area contributed by atoms with E-state index in [4.69, 9.17) is 0 Å². The number of aryl methyl sites for hydroxylation is 1. The molecular formula is C24H18F3NO2S. The molecule has 158 valence electrons.